The van der Waals surface area contributed by atoms with Crippen LogP contribution in [0.3, 0.4) is 0 Å². The summed E-state index contributed by atoms with van der Waals surface area (Å²) in [6.07, 6.45) is -0.0549. The Kier molecular flexibility index (Phi) is 5.94. The lowest BCUT2D eigenvalue weighted by atomic mass is 9.81. The first-order valence-electron chi connectivity index (χ1n) is 10.2. The largest absolute Gasteiger partial charge is 0.458 e. The molecule has 0 saturated carbocycles. The zero-order valence-electron chi connectivity index (χ0n) is 17.1. The topological polar surface area (TPSA) is 96.0 Å². The average molecular weight is 394 g/mol. The van der Waals surface area contributed by atoms with E-state index in [1.54, 1.807) is 6.92 Å². The third-order valence-electron chi connectivity index (χ3n) is 6.30. The zero-order chi connectivity index (χ0) is 20.6. The van der Waals surface area contributed by atoms with Gasteiger partial charge in [-0.2, -0.15) is 0 Å². The Labute approximate surface area is 165 Å². The fourth-order valence-corrected chi connectivity index (χ4v) is 4.77. The van der Waals surface area contributed by atoms with E-state index in [9.17, 15) is 19.2 Å². The molecular formula is C21H30O7. The van der Waals surface area contributed by atoms with Crippen LogP contribution in [0, 0.1) is 17.8 Å². The number of esters is 2. The number of ether oxygens (including phenoxy) is 3. The van der Waals surface area contributed by atoms with Crippen molar-refractivity contribution in [1.82, 2.24) is 0 Å². The van der Waals surface area contributed by atoms with Crippen molar-refractivity contribution in [2.75, 3.05) is 0 Å². The van der Waals surface area contributed by atoms with Gasteiger partial charge in [-0.1, -0.05) is 13.8 Å². The number of Topliss-reactive ketones (excluding diaryl/α,β-unsaturated/α-hetero) is 2. The first kappa shape index (κ1) is 21.0. The van der Waals surface area contributed by atoms with Crippen molar-refractivity contribution >= 4 is 23.5 Å². The summed E-state index contributed by atoms with van der Waals surface area (Å²) in [6, 6.07) is 0. The highest BCUT2D eigenvalue weighted by Crippen LogP contribution is 2.41. The van der Waals surface area contributed by atoms with Crippen LogP contribution in [0.25, 0.3) is 0 Å². The quantitative estimate of drug-likeness (QED) is 0.664. The summed E-state index contributed by atoms with van der Waals surface area (Å²) < 4.78 is 17.0. The van der Waals surface area contributed by atoms with Crippen LogP contribution in [0.2, 0.25) is 0 Å². The molecule has 0 radical (unpaired) electrons. The van der Waals surface area contributed by atoms with E-state index >= 15 is 0 Å². The lowest BCUT2D eigenvalue weighted by Crippen LogP contribution is -2.38. The number of fused-ring (bicyclic) bond motifs is 4. The molecule has 0 aromatic rings. The lowest BCUT2D eigenvalue weighted by Gasteiger charge is -2.29. The van der Waals surface area contributed by atoms with Crippen molar-refractivity contribution in [3.63, 3.8) is 0 Å². The third-order valence-corrected chi connectivity index (χ3v) is 6.30. The lowest BCUT2D eigenvalue weighted by molar-refractivity contribution is -0.155. The molecule has 0 N–H and O–H groups in total. The van der Waals surface area contributed by atoms with Crippen LogP contribution in [0.4, 0.5) is 0 Å². The highest BCUT2D eigenvalue weighted by molar-refractivity contribution is 5.91. The van der Waals surface area contributed by atoms with E-state index < -0.39 is 35.8 Å². The molecule has 3 rings (SSSR count). The first-order chi connectivity index (χ1) is 13.1. The van der Waals surface area contributed by atoms with Crippen LogP contribution >= 0.6 is 0 Å². The summed E-state index contributed by atoms with van der Waals surface area (Å²) in [5.41, 5.74) is -0.841. The Hall–Kier alpha value is -1.76. The van der Waals surface area contributed by atoms with Gasteiger partial charge < -0.3 is 14.2 Å². The van der Waals surface area contributed by atoms with Crippen LogP contribution in [0.1, 0.15) is 66.2 Å². The van der Waals surface area contributed by atoms with Crippen molar-refractivity contribution < 1.29 is 33.4 Å². The molecule has 3 aliphatic heterocycles. The van der Waals surface area contributed by atoms with Crippen LogP contribution in [0.15, 0.2) is 0 Å². The van der Waals surface area contributed by atoms with Crippen LogP contribution in [-0.4, -0.2) is 47.4 Å². The van der Waals surface area contributed by atoms with E-state index in [4.69, 9.17) is 14.2 Å². The maximum Gasteiger partial charge on any atom is 0.313 e. The Morgan fingerprint density at radius 3 is 2.54 bits per heavy atom. The molecule has 3 saturated heterocycles. The van der Waals surface area contributed by atoms with E-state index in [2.05, 4.69) is 0 Å². The summed E-state index contributed by atoms with van der Waals surface area (Å²) in [7, 11) is 0. The molecule has 0 aromatic carbocycles. The predicted octanol–water partition coefficient (Wildman–Crippen LogP) is 2.38. The molecule has 156 valence electrons. The van der Waals surface area contributed by atoms with E-state index in [1.807, 2.05) is 13.8 Å². The summed E-state index contributed by atoms with van der Waals surface area (Å²) in [5.74, 6) is -1.15. The minimum atomic E-state index is -0.841. The highest BCUT2D eigenvalue weighted by atomic mass is 16.6. The number of hydrogen-bond donors (Lipinski definition) is 0. The van der Waals surface area contributed by atoms with Crippen LogP contribution in [-0.2, 0) is 33.4 Å². The maximum atomic E-state index is 12.6. The highest BCUT2D eigenvalue weighted by Gasteiger charge is 2.52. The minimum Gasteiger partial charge on any atom is -0.458 e. The standard InChI is InChI=1S/C21H30O7/c1-11(2)13-5-6-15-19(26-12(3)22)18(27-20(15)25)10-21(4)9-16(24)17(28-21)8-14(23)7-13/h11,13,15,17-19H,5-10H2,1-4H3/t13-,15?,17+,18+,19+,21+/m0/s1. The van der Waals surface area contributed by atoms with Crippen molar-refractivity contribution in [3.8, 4) is 0 Å². The molecule has 3 fully saturated rings. The Balaban J connectivity index is 1.92. The van der Waals surface area contributed by atoms with Gasteiger partial charge in [0.25, 0.3) is 0 Å². The Bertz CT molecular complexity index is 670. The molecule has 4 bridgehead atoms. The molecule has 7 heteroatoms. The first-order valence-corrected chi connectivity index (χ1v) is 10.2. The molecule has 6 atom stereocenters. The van der Waals surface area contributed by atoms with Gasteiger partial charge >= 0.3 is 11.9 Å². The second-order valence-corrected chi connectivity index (χ2v) is 9.09. The smallest absolute Gasteiger partial charge is 0.313 e. The molecule has 28 heavy (non-hydrogen) atoms. The van der Waals surface area contributed by atoms with Gasteiger partial charge in [0.1, 0.15) is 18.0 Å². The van der Waals surface area contributed by atoms with Crippen molar-refractivity contribution in [2.45, 2.75) is 90.1 Å². The third kappa shape index (κ3) is 4.45. The van der Waals surface area contributed by atoms with Gasteiger partial charge in [-0.3, -0.25) is 19.2 Å². The average Bonchev–Trinajstić information content (AvgIpc) is 2.99. The molecule has 3 aliphatic rings. The number of hydrogen-bond acceptors (Lipinski definition) is 7. The van der Waals surface area contributed by atoms with Gasteiger partial charge in [0.05, 0.1) is 11.5 Å². The molecule has 0 spiro atoms. The number of ketones is 2. The molecule has 0 aromatic heterocycles. The van der Waals surface area contributed by atoms with E-state index in [0.29, 0.717) is 19.3 Å². The van der Waals surface area contributed by atoms with Gasteiger partial charge in [-0.15, -0.1) is 0 Å². The van der Waals surface area contributed by atoms with Gasteiger partial charge in [0.15, 0.2) is 11.9 Å². The predicted molar refractivity (Wildman–Crippen MR) is 98.2 cm³/mol. The van der Waals surface area contributed by atoms with Crippen molar-refractivity contribution in [3.05, 3.63) is 0 Å². The van der Waals surface area contributed by atoms with Crippen molar-refractivity contribution in [2.24, 2.45) is 17.8 Å². The van der Waals surface area contributed by atoms with E-state index in [1.165, 1.54) is 6.92 Å². The Morgan fingerprint density at radius 2 is 1.89 bits per heavy atom. The minimum absolute atomic E-state index is 0.0184. The summed E-state index contributed by atoms with van der Waals surface area (Å²) >= 11 is 0. The zero-order valence-corrected chi connectivity index (χ0v) is 17.1. The van der Waals surface area contributed by atoms with E-state index in [0.717, 1.165) is 0 Å². The number of carbonyl (C=O) groups is 4. The van der Waals surface area contributed by atoms with E-state index in [-0.39, 0.29) is 48.6 Å². The van der Waals surface area contributed by atoms with Crippen LogP contribution in [0.5, 0.6) is 0 Å². The molecule has 1 unspecified atom stereocenters. The maximum absolute atomic E-state index is 12.6. The summed E-state index contributed by atoms with van der Waals surface area (Å²) in [5, 5.41) is 0. The molecule has 3 heterocycles. The summed E-state index contributed by atoms with van der Waals surface area (Å²) in [6.45, 7) is 7.19. The molecular weight excluding hydrogens is 364 g/mol. The van der Waals surface area contributed by atoms with Gasteiger partial charge in [0.2, 0.25) is 0 Å². The molecule has 0 aliphatic carbocycles. The number of rotatable bonds is 2. The monoisotopic (exact) mass is 394 g/mol. The fraction of sp³-hybridized carbons (Fsp3) is 0.810. The molecule has 0 amide bonds. The normalized spacial score (nSPS) is 39.2. The Morgan fingerprint density at radius 1 is 1.18 bits per heavy atom. The SMILES string of the molecule is CC(=O)O[C@@H]1C2CC[C@H](C(C)C)CC(=O)C[C@H]3O[C@](C)(CC3=O)C[C@H]1OC2=O. The fourth-order valence-electron chi connectivity index (χ4n) is 4.77. The second kappa shape index (κ2) is 7.93. The van der Waals surface area contributed by atoms with Crippen LogP contribution < -0.4 is 0 Å². The van der Waals surface area contributed by atoms with Gasteiger partial charge in [0, 0.05) is 32.6 Å². The second-order valence-electron chi connectivity index (χ2n) is 9.09. The van der Waals surface area contributed by atoms with Gasteiger partial charge in [-0.05, 0) is 31.6 Å². The van der Waals surface area contributed by atoms with Crippen molar-refractivity contribution in [1.29, 1.82) is 0 Å². The summed E-state index contributed by atoms with van der Waals surface area (Å²) in [4.78, 5) is 49.2. The number of carbonyl (C=O) groups excluding carboxylic acids is 4. The molecule has 7 nitrogen and oxygen atoms in total. The van der Waals surface area contributed by atoms with Gasteiger partial charge in [-0.25, -0.2) is 0 Å².